The van der Waals surface area contributed by atoms with Crippen LogP contribution in [0.4, 0.5) is 5.69 Å². The second-order valence-corrected chi connectivity index (χ2v) is 5.18. The van der Waals surface area contributed by atoms with Gasteiger partial charge in [0.05, 0.1) is 22.3 Å². The van der Waals surface area contributed by atoms with Gasteiger partial charge in [0.15, 0.2) is 0 Å². The van der Waals surface area contributed by atoms with Gasteiger partial charge in [-0.25, -0.2) is 4.98 Å². The molecule has 0 saturated carbocycles. The molecule has 0 aliphatic heterocycles. The van der Waals surface area contributed by atoms with E-state index in [0.29, 0.717) is 16.9 Å². The zero-order valence-corrected chi connectivity index (χ0v) is 11.9. The fourth-order valence-corrected chi connectivity index (χ4v) is 2.42. The topological polar surface area (TPSA) is 86.9 Å². The highest BCUT2D eigenvalue weighted by Crippen LogP contribution is 2.24. The number of nitrogens with zero attached hydrogens (tertiary/aromatic N) is 2. The van der Waals surface area contributed by atoms with Gasteiger partial charge in [-0.15, -0.1) is 0 Å². The van der Waals surface area contributed by atoms with Crippen molar-refractivity contribution in [1.82, 2.24) is 9.55 Å². The van der Waals surface area contributed by atoms with Crippen molar-refractivity contribution in [1.29, 1.82) is 0 Å². The van der Waals surface area contributed by atoms with Crippen molar-refractivity contribution >= 4 is 22.6 Å². The standard InChI is InChI=1S/C16H16N4O/c1-9-5-13-15(6-10(9)2)20(8-19-13)14-4-3-11(17)7-12(14)16(18)21/h3-8H,17H2,1-2H3,(H2,18,21). The van der Waals surface area contributed by atoms with Crippen molar-refractivity contribution in [2.75, 3.05) is 5.73 Å². The number of nitrogen functional groups attached to an aromatic ring is 1. The fraction of sp³-hybridized carbons (Fsp3) is 0.125. The van der Waals surface area contributed by atoms with Gasteiger partial charge in [-0.1, -0.05) is 0 Å². The highest BCUT2D eigenvalue weighted by molar-refractivity contribution is 5.98. The molecule has 4 N–H and O–H groups in total. The van der Waals surface area contributed by atoms with Crippen LogP contribution in [0, 0.1) is 13.8 Å². The van der Waals surface area contributed by atoms with Crippen LogP contribution in [-0.2, 0) is 0 Å². The lowest BCUT2D eigenvalue weighted by Gasteiger charge is -2.10. The van der Waals surface area contributed by atoms with E-state index in [1.165, 1.54) is 11.1 Å². The summed E-state index contributed by atoms with van der Waals surface area (Å²) in [6, 6.07) is 9.20. The molecule has 0 bridgehead atoms. The van der Waals surface area contributed by atoms with Crippen LogP contribution in [0.5, 0.6) is 0 Å². The molecule has 0 fully saturated rings. The first-order valence-corrected chi connectivity index (χ1v) is 6.61. The molecule has 1 heterocycles. The third-order valence-electron chi connectivity index (χ3n) is 3.71. The van der Waals surface area contributed by atoms with Crippen LogP contribution in [0.3, 0.4) is 0 Å². The van der Waals surface area contributed by atoms with Gasteiger partial charge in [0.1, 0.15) is 6.33 Å². The Morgan fingerprint density at radius 1 is 1.14 bits per heavy atom. The summed E-state index contributed by atoms with van der Waals surface area (Å²) in [7, 11) is 0. The zero-order valence-electron chi connectivity index (χ0n) is 11.9. The van der Waals surface area contributed by atoms with E-state index in [2.05, 4.69) is 11.1 Å². The molecule has 0 aliphatic carbocycles. The Labute approximate surface area is 122 Å². The lowest BCUT2D eigenvalue weighted by molar-refractivity contribution is 0.100. The molecule has 0 unspecified atom stereocenters. The third kappa shape index (κ3) is 2.12. The Balaban J connectivity index is 2.31. The van der Waals surface area contributed by atoms with Crippen molar-refractivity contribution in [3.63, 3.8) is 0 Å². The van der Waals surface area contributed by atoms with E-state index in [1.54, 1.807) is 24.5 Å². The Morgan fingerprint density at radius 2 is 1.86 bits per heavy atom. The summed E-state index contributed by atoms with van der Waals surface area (Å²) < 4.78 is 1.86. The molecular formula is C16H16N4O. The molecule has 3 rings (SSSR count). The summed E-state index contributed by atoms with van der Waals surface area (Å²) in [6.07, 6.45) is 1.70. The average molecular weight is 280 g/mol. The van der Waals surface area contributed by atoms with E-state index in [9.17, 15) is 4.79 Å². The molecule has 0 saturated heterocycles. The molecule has 0 aliphatic rings. The number of aromatic nitrogens is 2. The van der Waals surface area contributed by atoms with Crippen molar-refractivity contribution in [3.05, 3.63) is 53.3 Å². The van der Waals surface area contributed by atoms with Gasteiger partial charge < -0.3 is 11.5 Å². The van der Waals surface area contributed by atoms with Gasteiger partial charge in [-0.05, 0) is 55.3 Å². The molecular weight excluding hydrogens is 264 g/mol. The predicted octanol–water partition coefficient (Wildman–Crippen LogP) is 2.32. The first-order chi connectivity index (χ1) is 9.97. The average Bonchev–Trinajstić information content (AvgIpc) is 2.82. The summed E-state index contributed by atoms with van der Waals surface area (Å²) in [5.41, 5.74) is 16.9. The lowest BCUT2D eigenvalue weighted by Crippen LogP contribution is -2.15. The van der Waals surface area contributed by atoms with E-state index in [-0.39, 0.29) is 0 Å². The Bertz CT molecular complexity index is 864. The maximum atomic E-state index is 11.7. The van der Waals surface area contributed by atoms with Crippen LogP contribution in [0.2, 0.25) is 0 Å². The molecule has 5 heteroatoms. The lowest BCUT2D eigenvalue weighted by atomic mass is 10.1. The van der Waals surface area contributed by atoms with Crippen molar-refractivity contribution in [3.8, 4) is 5.69 Å². The summed E-state index contributed by atoms with van der Waals surface area (Å²) in [5.74, 6) is -0.511. The van der Waals surface area contributed by atoms with Crippen LogP contribution in [-0.4, -0.2) is 15.5 Å². The molecule has 0 atom stereocenters. The number of nitrogens with two attached hydrogens (primary N) is 2. The quantitative estimate of drug-likeness (QED) is 0.706. The summed E-state index contributed by atoms with van der Waals surface area (Å²) >= 11 is 0. The number of primary amides is 1. The van der Waals surface area contributed by atoms with Gasteiger partial charge >= 0.3 is 0 Å². The molecule has 5 nitrogen and oxygen atoms in total. The maximum Gasteiger partial charge on any atom is 0.250 e. The highest BCUT2D eigenvalue weighted by Gasteiger charge is 2.13. The number of hydrogen-bond donors (Lipinski definition) is 2. The van der Waals surface area contributed by atoms with Crippen LogP contribution in [0.1, 0.15) is 21.5 Å². The van der Waals surface area contributed by atoms with Gasteiger partial charge in [0, 0.05) is 5.69 Å². The molecule has 21 heavy (non-hydrogen) atoms. The van der Waals surface area contributed by atoms with E-state index < -0.39 is 5.91 Å². The monoisotopic (exact) mass is 280 g/mol. The molecule has 1 amide bonds. The minimum Gasteiger partial charge on any atom is -0.399 e. The summed E-state index contributed by atoms with van der Waals surface area (Å²) in [5, 5.41) is 0. The number of fused-ring (bicyclic) bond motifs is 1. The van der Waals surface area contributed by atoms with Crippen LogP contribution in [0.15, 0.2) is 36.7 Å². The molecule has 106 valence electrons. The highest BCUT2D eigenvalue weighted by atomic mass is 16.1. The van der Waals surface area contributed by atoms with Gasteiger partial charge in [0.25, 0.3) is 5.91 Å². The summed E-state index contributed by atoms with van der Waals surface area (Å²) in [4.78, 5) is 16.1. The van der Waals surface area contributed by atoms with E-state index in [1.807, 2.05) is 24.5 Å². The molecule has 2 aromatic carbocycles. The molecule has 0 spiro atoms. The van der Waals surface area contributed by atoms with Gasteiger partial charge in [-0.2, -0.15) is 0 Å². The smallest absolute Gasteiger partial charge is 0.250 e. The number of carbonyl (C=O) groups is 1. The molecule has 1 aromatic heterocycles. The number of benzene rings is 2. The number of carbonyl (C=O) groups excluding carboxylic acids is 1. The Morgan fingerprint density at radius 3 is 2.57 bits per heavy atom. The SMILES string of the molecule is Cc1cc2ncn(-c3ccc(N)cc3C(N)=O)c2cc1C. The number of amides is 1. The number of anilines is 1. The van der Waals surface area contributed by atoms with Crippen LogP contribution in [0.25, 0.3) is 16.7 Å². The van der Waals surface area contributed by atoms with E-state index in [0.717, 1.165) is 11.0 Å². The second-order valence-electron chi connectivity index (χ2n) is 5.18. The van der Waals surface area contributed by atoms with Gasteiger partial charge in [-0.3, -0.25) is 9.36 Å². The van der Waals surface area contributed by atoms with Gasteiger partial charge in [0.2, 0.25) is 0 Å². The normalized spacial score (nSPS) is 11.0. The van der Waals surface area contributed by atoms with Crippen LogP contribution < -0.4 is 11.5 Å². The van der Waals surface area contributed by atoms with Crippen LogP contribution >= 0.6 is 0 Å². The number of imidazole rings is 1. The van der Waals surface area contributed by atoms with Crippen molar-refractivity contribution in [2.45, 2.75) is 13.8 Å². The fourth-order valence-electron chi connectivity index (χ4n) is 2.42. The minimum absolute atomic E-state index is 0.382. The first kappa shape index (κ1) is 13.2. The first-order valence-electron chi connectivity index (χ1n) is 6.61. The third-order valence-corrected chi connectivity index (χ3v) is 3.71. The second kappa shape index (κ2) is 4.63. The Hall–Kier alpha value is -2.82. The minimum atomic E-state index is -0.511. The number of hydrogen-bond acceptors (Lipinski definition) is 3. The Kier molecular flexibility index (Phi) is 2.90. The zero-order chi connectivity index (χ0) is 15.1. The molecule has 0 radical (unpaired) electrons. The van der Waals surface area contributed by atoms with E-state index >= 15 is 0 Å². The molecule has 3 aromatic rings. The number of rotatable bonds is 2. The van der Waals surface area contributed by atoms with Crippen molar-refractivity contribution < 1.29 is 4.79 Å². The van der Waals surface area contributed by atoms with E-state index in [4.69, 9.17) is 11.5 Å². The number of aryl methyl sites for hydroxylation is 2. The predicted molar refractivity (Wildman–Crippen MR) is 83.5 cm³/mol. The van der Waals surface area contributed by atoms with Crippen molar-refractivity contribution in [2.24, 2.45) is 5.73 Å². The largest absolute Gasteiger partial charge is 0.399 e. The summed E-state index contributed by atoms with van der Waals surface area (Å²) in [6.45, 7) is 4.09. The maximum absolute atomic E-state index is 11.7.